The van der Waals surface area contributed by atoms with E-state index in [0.717, 1.165) is 18.4 Å². The summed E-state index contributed by atoms with van der Waals surface area (Å²) in [7, 11) is 0. The molecule has 0 aliphatic rings. The van der Waals surface area contributed by atoms with Crippen LogP contribution in [0.4, 0.5) is 0 Å². The van der Waals surface area contributed by atoms with E-state index in [-0.39, 0.29) is 75.2 Å². The number of rotatable bonds is 16. The summed E-state index contributed by atoms with van der Waals surface area (Å²) in [5.74, 6) is 0.266. The molecular formula is C28H40KN7O4. The van der Waals surface area contributed by atoms with E-state index in [1.807, 2.05) is 30.3 Å². The van der Waals surface area contributed by atoms with E-state index in [1.54, 1.807) is 6.92 Å². The molecule has 0 saturated carbocycles. The van der Waals surface area contributed by atoms with Crippen molar-refractivity contribution in [3.05, 3.63) is 76.2 Å². The number of carbonyl (C=O) groups excluding carboxylic acids is 1. The molecule has 0 aliphatic carbocycles. The van der Waals surface area contributed by atoms with Crippen molar-refractivity contribution in [1.29, 1.82) is 0 Å². The minimum Gasteiger partial charge on any atom is -0.637 e. The zero-order valence-electron chi connectivity index (χ0n) is 23.4. The van der Waals surface area contributed by atoms with Gasteiger partial charge in [-0.25, -0.2) is 0 Å². The monoisotopic (exact) mass is 577 g/mol. The summed E-state index contributed by atoms with van der Waals surface area (Å²) >= 11 is 0. The number of nitrogens with zero attached hydrogens (tertiary/aromatic N) is 3. The molecular weight excluding hydrogens is 537 g/mol. The molecule has 0 saturated heterocycles. The van der Waals surface area contributed by atoms with Gasteiger partial charge in [0.05, 0.1) is 0 Å². The zero-order chi connectivity index (χ0) is 28.2. The van der Waals surface area contributed by atoms with Gasteiger partial charge in [0, 0.05) is 12.5 Å². The van der Waals surface area contributed by atoms with E-state index < -0.39 is 18.2 Å². The number of hydrogen-bond acceptors (Lipinski definition) is 9. The fourth-order valence-electron chi connectivity index (χ4n) is 4.36. The third kappa shape index (κ3) is 10.8. The van der Waals surface area contributed by atoms with Gasteiger partial charge in [0.25, 0.3) is 0 Å². The van der Waals surface area contributed by atoms with Crippen molar-refractivity contribution in [3.8, 4) is 11.5 Å². The first-order valence-electron chi connectivity index (χ1n) is 13.3. The third-order valence-electron chi connectivity index (χ3n) is 6.46. The molecule has 1 aromatic heterocycles. The van der Waals surface area contributed by atoms with E-state index in [1.165, 1.54) is 12.1 Å². The number of aromatic nitrogens is 2. The van der Waals surface area contributed by atoms with Gasteiger partial charge in [-0.05, 0) is 80.9 Å². The topological polar surface area (TPSA) is 201 Å². The summed E-state index contributed by atoms with van der Waals surface area (Å²) in [6.07, 6.45) is 3.23. The fraction of sp³-hybridized carbons (Fsp3) is 0.464. The van der Waals surface area contributed by atoms with Crippen molar-refractivity contribution in [1.82, 2.24) is 15.5 Å². The second-order valence-electron chi connectivity index (χ2n) is 9.68. The molecule has 3 rings (SSSR count). The number of nitrogens with two attached hydrogens (primary N) is 3. The molecule has 11 nitrogen and oxygen atoms in total. The van der Waals surface area contributed by atoms with Crippen LogP contribution in [-0.4, -0.2) is 51.6 Å². The van der Waals surface area contributed by atoms with Gasteiger partial charge < -0.3 is 42.6 Å². The number of carbonyl (C=O) groups is 1. The van der Waals surface area contributed by atoms with Crippen LogP contribution in [0.25, 0.3) is 5.32 Å². The van der Waals surface area contributed by atoms with Gasteiger partial charge in [0.2, 0.25) is 11.8 Å². The quantitative estimate of drug-likeness (QED) is 0.0974. The molecule has 3 atom stereocenters. The van der Waals surface area contributed by atoms with Gasteiger partial charge in [-0.2, -0.15) is 4.98 Å². The minimum atomic E-state index is -0.907. The van der Waals surface area contributed by atoms with Gasteiger partial charge in [0.15, 0.2) is 5.82 Å². The van der Waals surface area contributed by atoms with Gasteiger partial charge in [-0.15, -0.1) is 0 Å². The second-order valence-corrected chi connectivity index (χ2v) is 9.68. The summed E-state index contributed by atoms with van der Waals surface area (Å²) in [6, 6.07) is 11.1. The standard InChI is InChI=1S/C28H40N7O4.K/c1-18-14-20(36)16-24(37)21(18)17-23(32-25(31)11-7-13-30)27(38)33-22(10-5-6-12-29)28-34-26(35-39-28)15-19-8-3-2-4-9-19;/h2-4,8-9,14,16,22-23,25,36-37H,5-7,10-13,15,17,29-31H2,1H3,(H,33,38);/q-1;+1/t22-,23+,25-;/m1./s1. The van der Waals surface area contributed by atoms with Crippen LogP contribution >= 0.6 is 0 Å². The Morgan fingerprint density at radius 2 is 1.80 bits per heavy atom. The number of phenolic OH excluding ortho intramolecular Hbond substituents is 2. The van der Waals surface area contributed by atoms with Crippen LogP contribution in [0.15, 0.2) is 47.0 Å². The number of nitrogens with one attached hydrogen (secondary N) is 1. The predicted octanol–water partition coefficient (Wildman–Crippen LogP) is -0.321. The maximum absolute atomic E-state index is 13.6. The molecule has 0 bridgehead atoms. The van der Waals surface area contributed by atoms with Crippen molar-refractivity contribution in [3.63, 3.8) is 0 Å². The van der Waals surface area contributed by atoms with Crippen molar-refractivity contribution >= 4 is 5.91 Å². The van der Waals surface area contributed by atoms with Gasteiger partial charge >= 0.3 is 51.4 Å². The molecule has 0 unspecified atom stereocenters. The molecule has 0 spiro atoms. The summed E-state index contributed by atoms with van der Waals surface area (Å²) < 4.78 is 5.57. The Labute approximate surface area is 278 Å². The summed E-state index contributed by atoms with van der Waals surface area (Å²) in [5, 5.41) is 32.0. The van der Waals surface area contributed by atoms with Crippen LogP contribution in [-0.2, 0) is 17.6 Å². The maximum Gasteiger partial charge on any atom is 1.00 e. The van der Waals surface area contributed by atoms with E-state index in [4.69, 9.17) is 21.7 Å². The van der Waals surface area contributed by atoms with Crippen molar-refractivity contribution in [2.45, 2.75) is 70.1 Å². The number of aromatic hydroxyl groups is 2. The van der Waals surface area contributed by atoms with Crippen LogP contribution in [0.3, 0.4) is 0 Å². The largest absolute Gasteiger partial charge is 1.00 e. The Hall–Kier alpha value is -1.87. The van der Waals surface area contributed by atoms with Gasteiger partial charge in [0.1, 0.15) is 17.5 Å². The van der Waals surface area contributed by atoms with Crippen LogP contribution in [0.2, 0.25) is 0 Å². The minimum absolute atomic E-state index is 0. The molecule has 12 heteroatoms. The Morgan fingerprint density at radius 3 is 2.48 bits per heavy atom. The summed E-state index contributed by atoms with van der Waals surface area (Å²) in [6.45, 7) is 2.74. The van der Waals surface area contributed by atoms with E-state index in [9.17, 15) is 15.0 Å². The molecule has 3 aromatic rings. The van der Waals surface area contributed by atoms with Gasteiger partial charge in [-0.3, -0.25) is 4.79 Å². The first-order valence-corrected chi connectivity index (χ1v) is 13.3. The van der Waals surface area contributed by atoms with Crippen LogP contribution in [0.1, 0.15) is 66.6 Å². The normalized spacial score (nSPS) is 13.3. The molecule has 0 fully saturated rings. The Balaban J connectivity index is 0.00000560. The van der Waals surface area contributed by atoms with E-state index >= 15 is 0 Å². The summed E-state index contributed by atoms with van der Waals surface area (Å²) in [5.41, 5.74) is 19.7. The Bertz CT molecular complexity index is 1160. The van der Waals surface area contributed by atoms with Gasteiger partial charge in [-0.1, -0.05) is 48.1 Å². The third-order valence-corrected chi connectivity index (χ3v) is 6.46. The molecule has 40 heavy (non-hydrogen) atoms. The molecule has 212 valence electrons. The predicted molar refractivity (Wildman–Crippen MR) is 149 cm³/mol. The maximum atomic E-state index is 13.6. The van der Waals surface area contributed by atoms with E-state index in [2.05, 4.69) is 20.8 Å². The SMILES string of the molecule is Cc1cc(O)cc(O)c1C[C@H]([N-][C@@H](N)CCCN)C(=O)N[C@H](CCCCN)c1nc(Cc2ccccc2)no1.[K+]. The van der Waals surface area contributed by atoms with Crippen LogP contribution in [0.5, 0.6) is 11.5 Å². The van der Waals surface area contributed by atoms with Crippen molar-refractivity contribution < 1.29 is 70.9 Å². The summed E-state index contributed by atoms with van der Waals surface area (Å²) in [4.78, 5) is 18.2. The Morgan fingerprint density at radius 1 is 1.07 bits per heavy atom. The van der Waals surface area contributed by atoms with Crippen LogP contribution < -0.4 is 73.9 Å². The fourth-order valence-corrected chi connectivity index (χ4v) is 4.36. The molecule has 1 heterocycles. The van der Waals surface area contributed by atoms with Crippen LogP contribution in [0, 0.1) is 6.92 Å². The number of phenols is 2. The average Bonchev–Trinajstić information content (AvgIpc) is 3.37. The number of unbranched alkanes of at least 4 members (excludes halogenated alkanes) is 1. The molecule has 9 N–H and O–H groups in total. The van der Waals surface area contributed by atoms with Crippen molar-refractivity contribution in [2.75, 3.05) is 13.1 Å². The average molecular weight is 578 g/mol. The molecule has 1 amide bonds. The Kier molecular flexibility index (Phi) is 15.3. The first kappa shape index (κ1) is 34.3. The molecule has 0 aliphatic heterocycles. The zero-order valence-corrected chi connectivity index (χ0v) is 26.5. The number of amides is 1. The van der Waals surface area contributed by atoms with E-state index in [0.29, 0.717) is 61.6 Å². The first-order chi connectivity index (χ1) is 18.8. The van der Waals surface area contributed by atoms with Crippen molar-refractivity contribution in [2.24, 2.45) is 17.2 Å². The number of benzene rings is 2. The number of aryl methyl sites for hydroxylation is 1. The molecule has 0 radical (unpaired) electrons. The molecule has 2 aromatic carbocycles. The number of hydrogen-bond donors (Lipinski definition) is 6. The smallest absolute Gasteiger partial charge is 0.637 e. The second kappa shape index (κ2) is 17.8.